The van der Waals surface area contributed by atoms with Gasteiger partial charge in [-0.25, -0.2) is 0 Å². The van der Waals surface area contributed by atoms with Gasteiger partial charge in [0.05, 0.1) is 6.04 Å². The second-order valence-electron chi connectivity index (χ2n) is 3.93. The van der Waals surface area contributed by atoms with E-state index in [1.54, 1.807) is 0 Å². The van der Waals surface area contributed by atoms with E-state index in [4.69, 9.17) is 10.5 Å². The highest BCUT2D eigenvalue weighted by atomic mass is 16.5. The molecule has 0 spiro atoms. The predicted molar refractivity (Wildman–Crippen MR) is 59.1 cm³/mol. The van der Waals surface area contributed by atoms with E-state index < -0.39 is 0 Å². The molecule has 0 aromatic carbocycles. The Labute approximate surface area is 90.9 Å². The molecule has 0 saturated heterocycles. The number of nitrogens with two attached hydrogens (primary N) is 1. The van der Waals surface area contributed by atoms with E-state index >= 15 is 0 Å². The Balaban J connectivity index is 2.75. The van der Waals surface area contributed by atoms with E-state index in [1.807, 2.05) is 13.8 Å². The summed E-state index contributed by atoms with van der Waals surface area (Å²) in [5, 5.41) is 3.32. The third kappa shape index (κ3) is 2.96. The van der Waals surface area contributed by atoms with Gasteiger partial charge in [0.2, 0.25) is 0 Å². The maximum absolute atomic E-state index is 10.9. The van der Waals surface area contributed by atoms with Gasteiger partial charge in [-0.15, -0.1) is 0 Å². The monoisotopic (exact) mass is 212 g/mol. The number of likely N-dealkylation sites (N-methyl/N-ethyl adjacent to an activating group) is 1. The lowest BCUT2D eigenvalue weighted by atomic mass is 10.1. The summed E-state index contributed by atoms with van der Waals surface area (Å²) >= 11 is 0. The molecule has 0 aromatic heterocycles. The molecule has 86 valence electrons. The van der Waals surface area contributed by atoms with Crippen LogP contribution < -0.4 is 11.1 Å². The highest BCUT2D eigenvalue weighted by Gasteiger charge is 2.33. The van der Waals surface area contributed by atoms with Gasteiger partial charge < -0.3 is 15.8 Å². The average molecular weight is 212 g/mol. The molecule has 2 unspecified atom stereocenters. The lowest BCUT2D eigenvalue weighted by Crippen LogP contribution is -2.39. The molecule has 3 N–H and O–H groups in total. The summed E-state index contributed by atoms with van der Waals surface area (Å²) < 4.78 is 5.27. The summed E-state index contributed by atoms with van der Waals surface area (Å²) in [4.78, 5) is 10.9. The maximum Gasteiger partial charge on any atom is 0.302 e. The second kappa shape index (κ2) is 5.16. The van der Waals surface area contributed by atoms with Gasteiger partial charge in [0, 0.05) is 12.6 Å². The van der Waals surface area contributed by atoms with Crippen molar-refractivity contribution in [2.24, 2.45) is 5.73 Å². The van der Waals surface area contributed by atoms with Crippen LogP contribution >= 0.6 is 0 Å². The van der Waals surface area contributed by atoms with Crippen LogP contribution in [0.1, 0.15) is 33.6 Å². The molecule has 1 saturated carbocycles. The Morgan fingerprint density at radius 1 is 1.60 bits per heavy atom. The van der Waals surface area contributed by atoms with Gasteiger partial charge in [0.15, 0.2) is 0 Å². The van der Waals surface area contributed by atoms with Crippen LogP contribution in [0.25, 0.3) is 0 Å². The van der Waals surface area contributed by atoms with E-state index in [1.165, 1.54) is 12.5 Å². The van der Waals surface area contributed by atoms with Crippen LogP contribution in [0.2, 0.25) is 0 Å². The predicted octanol–water partition coefficient (Wildman–Crippen LogP) is 0.923. The van der Waals surface area contributed by atoms with Crippen LogP contribution in [0.3, 0.4) is 0 Å². The van der Waals surface area contributed by atoms with Crippen molar-refractivity contribution in [3.8, 4) is 0 Å². The molecule has 0 amide bonds. The topological polar surface area (TPSA) is 64.3 Å². The highest BCUT2D eigenvalue weighted by molar-refractivity contribution is 5.66. The lowest BCUT2D eigenvalue weighted by Gasteiger charge is -2.21. The number of hydrogen-bond acceptors (Lipinski definition) is 4. The lowest BCUT2D eigenvalue weighted by molar-refractivity contribution is -0.146. The fourth-order valence-corrected chi connectivity index (χ4v) is 2.10. The molecule has 0 bridgehead atoms. The summed E-state index contributed by atoms with van der Waals surface area (Å²) in [6.07, 6.45) is 1.72. The van der Waals surface area contributed by atoms with Gasteiger partial charge in [-0.3, -0.25) is 4.79 Å². The molecule has 4 heteroatoms. The van der Waals surface area contributed by atoms with Crippen molar-refractivity contribution in [2.45, 2.75) is 45.8 Å². The van der Waals surface area contributed by atoms with Crippen molar-refractivity contribution >= 4 is 5.97 Å². The van der Waals surface area contributed by atoms with E-state index in [0.717, 1.165) is 25.1 Å². The molecular formula is C11H20N2O2. The van der Waals surface area contributed by atoms with Gasteiger partial charge in [-0.1, -0.05) is 6.92 Å². The Morgan fingerprint density at radius 3 is 2.73 bits per heavy atom. The van der Waals surface area contributed by atoms with Gasteiger partial charge in [0.1, 0.15) is 6.10 Å². The van der Waals surface area contributed by atoms with Crippen LogP contribution in [-0.2, 0) is 9.53 Å². The van der Waals surface area contributed by atoms with Gasteiger partial charge in [-0.2, -0.15) is 0 Å². The first-order valence-electron chi connectivity index (χ1n) is 5.42. The highest BCUT2D eigenvalue weighted by Crippen LogP contribution is 2.29. The van der Waals surface area contributed by atoms with E-state index in [9.17, 15) is 4.79 Å². The molecule has 0 aromatic rings. The third-order valence-electron chi connectivity index (χ3n) is 2.69. The minimum atomic E-state index is -0.223. The second-order valence-corrected chi connectivity index (χ2v) is 3.93. The molecule has 1 fully saturated rings. The van der Waals surface area contributed by atoms with Crippen LogP contribution in [0, 0.1) is 0 Å². The Hall–Kier alpha value is -1.03. The summed E-state index contributed by atoms with van der Waals surface area (Å²) in [5.74, 6) is -0.223. The maximum atomic E-state index is 10.9. The van der Waals surface area contributed by atoms with Crippen LogP contribution in [-0.4, -0.2) is 24.7 Å². The number of esters is 1. The van der Waals surface area contributed by atoms with Crippen LogP contribution in [0.15, 0.2) is 11.3 Å². The molecule has 0 heterocycles. The van der Waals surface area contributed by atoms with Crippen molar-refractivity contribution in [3.05, 3.63) is 11.3 Å². The normalized spacial score (nSPS) is 29.0. The fraction of sp³-hybridized carbons (Fsp3) is 0.727. The van der Waals surface area contributed by atoms with E-state index in [-0.39, 0.29) is 18.1 Å². The summed E-state index contributed by atoms with van der Waals surface area (Å²) in [6.45, 7) is 6.22. The summed E-state index contributed by atoms with van der Waals surface area (Å²) in [5.41, 5.74) is 7.84. The molecule has 0 aliphatic heterocycles. The molecule has 1 aliphatic rings. The number of ether oxygens (including phenoxy) is 1. The number of allylic oxidation sites excluding steroid dienone is 1. The quantitative estimate of drug-likeness (QED) is 0.683. The minimum Gasteiger partial charge on any atom is -0.461 e. The van der Waals surface area contributed by atoms with Crippen molar-refractivity contribution in [1.29, 1.82) is 0 Å². The summed E-state index contributed by atoms with van der Waals surface area (Å²) in [6, 6.07) is 0.101. The third-order valence-corrected chi connectivity index (χ3v) is 2.69. The average Bonchev–Trinajstić information content (AvgIpc) is 2.48. The molecule has 2 atom stereocenters. The standard InChI is InChI=1S/C11H20N2O2/c1-4-13-11-9(7(2)12)5-6-10(11)15-8(3)14/h10-11,13H,4-6,12H2,1-3H3/b9-7+. The van der Waals surface area contributed by atoms with Crippen molar-refractivity contribution < 1.29 is 9.53 Å². The Bertz CT molecular complexity index is 270. The Morgan fingerprint density at radius 2 is 2.27 bits per heavy atom. The first-order valence-corrected chi connectivity index (χ1v) is 5.42. The zero-order chi connectivity index (χ0) is 11.4. The number of rotatable bonds is 3. The van der Waals surface area contributed by atoms with Crippen molar-refractivity contribution in [2.75, 3.05) is 6.54 Å². The first kappa shape index (κ1) is 12.0. The van der Waals surface area contributed by atoms with Gasteiger partial charge >= 0.3 is 5.97 Å². The molecule has 15 heavy (non-hydrogen) atoms. The molecule has 1 rings (SSSR count). The Kier molecular flexibility index (Phi) is 4.15. The van der Waals surface area contributed by atoms with Crippen LogP contribution in [0.5, 0.6) is 0 Å². The largest absolute Gasteiger partial charge is 0.461 e. The van der Waals surface area contributed by atoms with Crippen LogP contribution in [0.4, 0.5) is 0 Å². The number of carbonyl (C=O) groups is 1. The number of hydrogen-bond donors (Lipinski definition) is 2. The smallest absolute Gasteiger partial charge is 0.302 e. The number of nitrogens with one attached hydrogen (secondary N) is 1. The van der Waals surface area contributed by atoms with E-state index in [0.29, 0.717) is 0 Å². The molecule has 1 aliphatic carbocycles. The zero-order valence-corrected chi connectivity index (χ0v) is 9.67. The number of carbonyl (C=O) groups excluding carboxylic acids is 1. The van der Waals surface area contributed by atoms with Crippen molar-refractivity contribution in [1.82, 2.24) is 5.32 Å². The fourth-order valence-electron chi connectivity index (χ4n) is 2.10. The summed E-state index contributed by atoms with van der Waals surface area (Å²) in [7, 11) is 0. The molecular weight excluding hydrogens is 192 g/mol. The SMILES string of the molecule is CCNC1/C(=C(\C)N)CCC1OC(C)=O. The van der Waals surface area contributed by atoms with E-state index in [2.05, 4.69) is 5.32 Å². The first-order chi connectivity index (χ1) is 7.06. The molecule has 0 radical (unpaired) electrons. The zero-order valence-electron chi connectivity index (χ0n) is 9.67. The minimum absolute atomic E-state index is 0.0593. The molecule has 4 nitrogen and oxygen atoms in total. The van der Waals surface area contributed by atoms with Crippen molar-refractivity contribution in [3.63, 3.8) is 0 Å². The van der Waals surface area contributed by atoms with Gasteiger partial charge in [0.25, 0.3) is 0 Å². The van der Waals surface area contributed by atoms with Gasteiger partial charge in [-0.05, 0) is 31.9 Å².